The Morgan fingerprint density at radius 2 is 1.74 bits per heavy atom. The second-order valence-corrected chi connectivity index (χ2v) is 7.09. The van der Waals surface area contributed by atoms with E-state index in [4.69, 9.17) is 23.2 Å². The molecule has 19 heavy (non-hydrogen) atoms. The molecule has 0 aromatic heterocycles. The second kappa shape index (κ2) is 4.68. The zero-order valence-electron chi connectivity index (χ0n) is 11.8. The Morgan fingerprint density at radius 1 is 1.26 bits per heavy atom. The number of aryl methyl sites for hydroxylation is 2. The summed E-state index contributed by atoms with van der Waals surface area (Å²) in [4.78, 5) is 14.4. The average Bonchev–Trinajstić information content (AvgIpc) is 2.79. The van der Waals surface area contributed by atoms with Crippen molar-refractivity contribution in [3.05, 3.63) is 29.3 Å². The summed E-state index contributed by atoms with van der Waals surface area (Å²) in [5.41, 5.74) is 2.54. The standard InChI is InChI=1S/C15H19Cl2NO/c1-5-18(12-7-10(2)6-11(3)8-12)13(19)14(4)9-15(14,16)17/h6-8H,5,9H2,1-4H3. The van der Waals surface area contributed by atoms with E-state index in [1.165, 1.54) is 0 Å². The Balaban J connectivity index is 2.33. The number of anilines is 1. The Labute approximate surface area is 124 Å². The molecule has 1 aromatic rings. The number of amides is 1. The molecule has 2 rings (SSSR count). The first-order valence-corrected chi connectivity index (χ1v) is 7.25. The molecule has 1 unspecified atom stereocenters. The van der Waals surface area contributed by atoms with Crippen molar-refractivity contribution in [2.45, 2.75) is 38.4 Å². The van der Waals surface area contributed by atoms with Crippen LogP contribution >= 0.6 is 23.2 Å². The number of benzene rings is 1. The Bertz CT molecular complexity index is 507. The number of hydrogen-bond acceptors (Lipinski definition) is 1. The summed E-state index contributed by atoms with van der Waals surface area (Å²) in [5, 5.41) is 0. The first kappa shape index (κ1) is 14.7. The topological polar surface area (TPSA) is 20.3 Å². The lowest BCUT2D eigenvalue weighted by Crippen LogP contribution is -2.38. The first-order chi connectivity index (χ1) is 8.71. The van der Waals surface area contributed by atoms with Crippen molar-refractivity contribution in [3.63, 3.8) is 0 Å². The fourth-order valence-electron chi connectivity index (χ4n) is 2.48. The quantitative estimate of drug-likeness (QED) is 0.765. The van der Waals surface area contributed by atoms with Crippen LogP contribution in [-0.2, 0) is 4.79 Å². The summed E-state index contributed by atoms with van der Waals surface area (Å²) in [6.45, 7) is 8.47. The summed E-state index contributed by atoms with van der Waals surface area (Å²) >= 11 is 12.2. The van der Waals surface area contributed by atoms with E-state index in [1.54, 1.807) is 4.90 Å². The number of nitrogens with zero attached hydrogens (tertiary/aromatic N) is 1. The van der Waals surface area contributed by atoms with Crippen molar-refractivity contribution in [3.8, 4) is 0 Å². The highest BCUT2D eigenvalue weighted by atomic mass is 35.5. The van der Waals surface area contributed by atoms with Crippen LogP contribution in [0.1, 0.15) is 31.4 Å². The molecule has 0 aliphatic heterocycles. The van der Waals surface area contributed by atoms with Crippen LogP contribution in [0.2, 0.25) is 0 Å². The van der Waals surface area contributed by atoms with E-state index in [-0.39, 0.29) is 5.91 Å². The number of alkyl halides is 2. The van der Waals surface area contributed by atoms with Gasteiger partial charge >= 0.3 is 0 Å². The molecule has 0 spiro atoms. The minimum atomic E-state index is -0.920. The van der Waals surface area contributed by atoms with Crippen LogP contribution in [0, 0.1) is 19.3 Å². The van der Waals surface area contributed by atoms with Crippen LogP contribution in [0.3, 0.4) is 0 Å². The van der Waals surface area contributed by atoms with E-state index in [0.717, 1.165) is 16.8 Å². The van der Waals surface area contributed by atoms with E-state index in [1.807, 2.05) is 39.8 Å². The Kier molecular flexibility index (Phi) is 3.61. The van der Waals surface area contributed by atoms with Crippen LogP contribution in [0.25, 0.3) is 0 Å². The third kappa shape index (κ3) is 2.48. The van der Waals surface area contributed by atoms with Gasteiger partial charge in [0.2, 0.25) is 5.91 Å². The Morgan fingerprint density at radius 3 is 2.11 bits per heavy atom. The van der Waals surface area contributed by atoms with E-state index in [0.29, 0.717) is 13.0 Å². The molecule has 1 aromatic carbocycles. The van der Waals surface area contributed by atoms with E-state index in [2.05, 4.69) is 6.07 Å². The van der Waals surface area contributed by atoms with Crippen molar-refractivity contribution in [2.24, 2.45) is 5.41 Å². The van der Waals surface area contributed by atoms with Crippen LogP contribution in [0.4, 0.5) is 5.69 Å². The van der Waals surface area contributed by atoms with Gasteiger partial charge in [0.1, 0.15) is 4.33 Å². The van der Waals surface area contributed by atoms with Crippen molar-refractivity contribution in [1.29, 1.82) is 0 Å². The molecule has 1 saturated carbocycles. The van der Waals surface area contributed by atoms with Gasteiger partial charge < -0.3 is 4.90 Å². The molecule has 1 atom stereocenters. The average molecular weight is 300 g/mol. The largest absolute Gasteiger partial charge is 0.312 e. The highest BCUT2D eigenvalue weighted by Gasteiger charge is 2.68. The maximum absolute atomic E-state index is 12.7. The monoisotopic (exact) mass is 299 g/mol. The van der Waals surface area contributed by atoms with Gasteiger partial charge in [0, 0.05) is 12.2 Å². The molecular weight excluding hydrogens is 281 g/mol. The van der Waals surface area contributed by atoms with Gasteiger partial charge in [0.15, 0.2) is 0 Å². The number of rotatable bonds is 3. The van der Waals surface area contributed by atoms with Crippen LogP contribution < -0.4 is 4.90 Å². The third-order valence-corrected chi connectivity index (χ3v) is 4.91. The smallest absolute Gasteiger partial charge is 0.236 e. The van der Waals surface area contributed by atoms with Crippen molar-refractivity contribution >= 4 is 34.8 Å². The highest BCUT2D eigenvalue weighted by molar-refractivity contribution is 6.53. The summed E-state index contributed by atoms with van der Waals surface area (Å²) in [6, 6.07) is 6.13. The molecule has 0 radical (unpaired) electrons. The van der Waals surface area contributed by atoms with Crippen molar-refractivity contribution in [1.82, 2.24) is 0 Å². The number of halogens is 2. The van der Waals surface area contributed by atoms with Gasteiger partial charge in [-0.05, 0) is 57.4 Å². The molecule has 0 saturated heterocycles. The normalized spacial score (nSPS) is 24.1. The van der Waals surface area contributed by atoms with Crippen LogP contribution in [-0.4, -0.2) is 16.8 Å². The third-order valence-electron chi connectivity index (χ3n) is 3.81. The van der Waals surface area contributed by atoms with Gasteiger partial charge in [0.05, 0.1) is 5.41 Å². The lowest BCUT2D eigenvalue weighted by molar-refractivity contribution is -0.123. The molecule has 2 nitrogen and oxygen atoms in total. The summed E-state index contributed by atoms with van der Waals surface area (Å²) in [6.07, 6.45) is 0.517. The van der Waals surface area contributed by atoms with Gasteiger partial charge in [-0.3, -0.25) is 4.79 Å². The summed E-state index contributed by atoms with van der Waals surface area (Å²) < 4.78 is -0.920. The molecule has 1 amide bonds. The van der Waals surface area contributed by atoms with E-state index >= 15 is 0 Å². The second-order valence-electron chi connectivity index (χ2n) is 5.61. The molecule has 1 aliphatic rings. The van der Waals surface area contributed by atoms with E-state index < -0.39 is 9.75 Å². The minimum Gasteiger partial charge on any atom is -0.312 e. The number of carbonyl (C=O) groups is 1. The van der Waals surface area contributed by atoms with Gasteiger partial charge in [0.25, 0.3) is 0 Å². The molecule has 1 fully saturated rings. The zero-order chi connectivity index (χ0) is 14.4. The van der Waals surface area contributed by atoms with Gasteiger partial charge in [-0.25, -0.2) is 0 Å². The molecular formula is C15H19Cl2NO. The SMILES string of the molecule is CCN(C(=O)C1(C)CC1(Cl)Cl)c1cc(C)cc(C)c1. The highest BCUT2D eigenvalue weighted by Crippen LogP contribution is 2.64. The molecule has 0 bridgehead atoms. The Hall–Kier alpha value is -0.730. The number of hydrogen-bond donors (Lipinski definition) is 0. The van der Waals surface area contributed by atoms with Gasteiger partial charge in [-0.1, -0.05) is 6.07 Å². The fourth-order valence-corrected chi connectivity index (χ4v) is 3.18. The van der Waals surface area contributed by atoms with Gasteiger partial charge in [-0.15, -0.1) is 23.2 Å². The predicted molar refractivity (Wildman–Crippen MR) is 81.1 cm³/mol. The minimum absolute atomic E-state index is 0.00463. The predicted octanol–water partition coefficient (Wildman–Crippen LogP) is 4.24. The zero-order valence-corrected chi connectivity index (χ0v) is 13.3. The van der Waals surface area contributed by atoms with Crippen LogP contribution in [0.15, 0.2) is 18.2 Å². The maximum atomic E-state index is 12.7. The molecule has 0 heterocycles. The summed E-state index contributed by atoms with van der Waals surface area (Å²) in [7, 11) is 0. The summed E-state index contributed by atoms with van der Waals surface area (Å²) in [5.74, 6) is 0.00463. The van der Waals surface area contributed by atoms with Crippen molar-refractivity contribution < 1.29 is 4.79 Å². The fraction of sp³-hybridized carbons (Fsp3) is 0.533. The molecule has 4 heteroatoms. The van der Waals surface area contributed by atoms with Gasteiger partial charge in [-0.2, -0.15) is 0 Å². The van der Waals surface area contributed by atoms with E-state index in [9.17, 15) is 4.79 Å². The first-order valence-electron chi connectivity index (χ1n) is 6.49. The van der Waals surface area contributed by atoms with Crippen LogP contribution in [0.5, 0.6) is 0 Å². The number of carbonyl (C=O) groups excluding carboxylic acids is 1. The van der Waals surface area contributed by atoms with Crippen molar-refractivity contribution in [2.75, 3.05) is 11.4 Å². The lowest BCUT2D eigenvalue weighted by Gasteiger charge is -2.26. The lowest BCUT2D eigenvalue weighted by atomic mass is 10.1. The molecule has 0 N–H and O–H groups in total. The molecule has 104 valence electrons. The molecule has 1 aliphatic carbocycles. The maximum Gasteiger partial charge on any atom is 0.236 e.